The maximum absolute atomic E-state index is 12.5. The summed E-state index contributed by atoms with van der Waals surface area (Å²) in [4.78, 5) is 29.3. The van der Waals surface area contributed by atoms with Crippen LogP contribution in [0.25, 0.3) is 10.2 Å². The Kier molecular flexibility index (Phi) is 7.19. The number of ether oxygens (including phenoxy) is 2. The van der Waals surface area contributed by atoms with Crippen LogP contribution < -0.4 is 25.6 Å². The van der Waals surface area contributed by atoms with Crippen LogP contribution in [-0.4, -0.2) is 36.1 Å². The van der Waals surface area contributed by atoms with Gasteiger partial charge in [-0.2, -0.15) is 0 Å². The number of carbonyl (C=O) groups is 2. The number of carbonyl (C=O) groups excluding carboxylic acids is 2. The summed E-state index contributed by atoms with van der Waals surface area (Å²) in [5.74, 6) is -0.292. The highest BCUT2D eigenvalue weighted by molar-refractivity contribution is 7.22. The smallest absolute Gasteiger partial charge is 0.269 e. The van der Waals surface area contributed by atoms with Crippen molar-refractivity contribution in [3.05, 3.63) is 47.0 Å². The maximum Gasteiger partial charge on any atom is 0.269 e. The Morgan fingerprint density at radius 2 is 1.87 bits per heavy atom. The fourth-order valence-electron chi connectivity index (χ4n) is 2.68. The highest BCUT2D eigenvalue weighted by atomic mass is 35.5. The van der Waals surface area contributed by atoms with E-state index in [0.717, 1.165) is 10.2 Å². The van der Waals surface area contributed by atoms with Crippen molar-refractivity contribution in [2.45, 2.75) is 32.9 Å². The molecule has 2 aromatic carbocycles. The molecular formula is C21H23ClN4O4S. The number of hydrazine groups is 1. The van der Waals surface area contributed by atoms with Crippen LogP contribution in [0.5, 0.6) is 11.5 Å². The Balaban J connectivity index is 1.61. The molecule has 0 bridgehead atoms. The molecule has 1 heterocycles. The minimum absolute atomic E-state index is 0.116. The van der Waals surface area contributed by atoms with Crippen LogP contribution in [0.2, 0.25) is 5.02 Å². The topological polar surface area (TPSA) is 102 Å². The zero-order chi connectivity index (χ0) is 22.5. The van der Waals surface area contributed by atoms with Crippen molar-refractivity contribution in [3.63, 3.8) is 0 Å². The van der Waals surface area contributed by atoms with Crippen molar-refractivity contribution in [1.29, 1.82) is 0 Å². The van der Waals surface area contributed by atoms with Gasteiger partial charge >= 0.3 is 0 Å². The molecule has 0 fully saturated rings. The van der Waals surface area contributed by atoms with Gasteiger partial charge in [0.25, 0.3) is 11.8 Å². The standard InChI is InChI=1S/C21H23ClN4O4S/c1-11(2)30-18-14(22)9-13(10-16(18)29-4)20(28)26-25-19(27)12(3)23-21-24-15-7-5-6-8-17(15)31-21/h5-12H,1-4H3,(H,23,24)(H,25,27)(H,26,28)/t12-/m0/s1. The van der Waals surface area contributed by atoms with Crippen molar-refractivity contribution in [2.75, 3.05) is 12.4 Å². The number of amides is 2. The maximum atomic E-state index is 12.5. The summed E-state index contributed by atoms with van der Waals surface area (Å²) in [5, 5.41) is 3.88. The zero-order valence-corrected chi connectivity index (χ0v) is 19.1. The summed E-state index contributed by atoms with van der Waals surface area (Å²) in [6.07, 6.45) is -0.116. The van der Waals surface area contributed by atoms with Gasteiger partial charge in [-0.05, 0) is 45.0 Å². The van der Waals surface area contributed by atoms with Crippen LogP contribution in [0, 0.1) is 0 Å². The number of hydrogen-bond donors (Lipinski definition) is 3. The second-order valence-corrected chi connectivity index (χ2v) is 8.39. The van der Waals surface area contributed by atoms with Crippen LogP contribution in [-0.2, 0) is 4.79 Å². The van der Waals surface area contributed by atoms with Crippen LogP contribution >= 0.6 is 22.9 Å². The minimum atomic E-state index is -0.624. The van der Waals surface area contributed by atoms with Gasteiger partial charge in [0.05, 0.1) is 28.5 Å². The zero-order valence-electron chi connectivity index (χ0n) is 17.5. The van der Waals surface area contributed by atoms with Gasteiger partial charge < -0.3 is 14.8 Å². The number of para-hydroxylation sites is 1. The fraction of sp³-hybridized carbons (Fsp3) is 0.286. The molecule has 0 saturated carbocycles. The van der Waals surface area contributed by atoms with E-state index in [2.05, 4.69) is 21.2 Å². The molecule has 31 heavy (non-hydrogen) atoms. The summed E-state index contributed by atoms with van der Waals surface area (Å²) < 4.78 is 11.9. The third-order valence-electron chi connectivity index (χ3n) is 4.17. The second-order valence-electron chi connectivity index (χ2n) is 6.95. The Labute approximate surface area is 188 Å². The van der Waals surface area contributed by atoms with E-state index in [4.69, 9.17) is 21.1 Å². The Morgan fingerprint density at radius 1 is 1.13 bits per heavy atom. The molecule has 0 aliphatic rings. The monoisotopic (exact) mass is 462 g/mol. The van der Waals surface area contributed by atoms with E-state index >= 15 is 0 Å². The molecule has 0 spiro atoms. The molecule has 0 radical (unpaired) electrons. The van der Waals surface area contributed by atoms with Gasteiger partial charge in [-0.3, -0.25) is 20.4 Å². The number of rotatable bonds is 7. The average Bonchev–Trinajstić information content (AvgIpc) is 3.14. The Bertz CT molecular complexity index is 1070. The number of halogens is 1. The van der Waals surface area contributed by atoms with Crippen LogP contribution in [0.1, 0.15) is 31.1 Å². The SMILES string of the molecule is COc1cc(C(=O)NNC(=O)[C@H](C)Nc2nc3ccccc3s2)cc(Cl)c1OC(C)C. The van der Waals surface area contributed by atoms with E-state index in [0.29, 0.717) is 16.6 Å². The van der Waals surface area contributed by atoms with E-state index in [1.54, 1.807) is 6.92 Å². The summed E-state index contributed by atoms with van der Waals surface area (Å²) in [6, 6.07) is 10.0. The molecule has 10 heteroatoms. The second kappa shape index (κ2) is 9.84. The van der Waals surface area contributed by atoms with Gasteiger partial charge in [-0.1, -0.05) is 35.1 Å². The fourth-order valence-corrected chi connectivity index (χ4v) is 3.89. The van der Waals surface area contributed by atoms with Crippen molar-refractivity contribution < 1.29 is 19.1 Å². The first-order valence-electron chi connectivity index (χ1n) is 9.55. The highest BCUT2D eigenvalue weighted by Crippen LogP contribution is 2.37. The van der Waals surface area contributed by atoms with E-state index in [1.807, 2.05) is 38.1 Å². The van der Waals surface area contributed by atoms with Gasteiger partial charge in [-0.25, -0.2) is 4.98 Å². The predicted molar refractivity (Wildman–Crippen MR) is 122 cm³/mol. The number of benzene rings is 2. The lowest BCUT2D eigenvalue weighted by Gasteiger charge is -2.17. The normalized spacial score (nSPS) is 11.8. The quantitative estimate of drug-likeness (QED) is 0.458. The highest BCUT2D eigenvalue weighted by Gasteiger charge is 2.19. The molecule has 2 amide bonds. The molecule has 3 N–H and O–H groups in total. The summed E-state index contributed by atoms with van der Waals surface area (Å²) in [5.41, 5.74) is 5.85. The molecule has 0 aliphatic carbocycles. The predicted octanol–water partition coefficient (Wildman–Crippen LogP) is 4.01. The van der Waals surface area contributed by atoms with E-state index in [1.165, 1.54) is 30.6 Å². The molecule has 1 aromatic heterocycles. The lowest BCUT2D eigenvalue weighted by atomic mass is 10.2. The van der Waals surface area contributed by atoms with E-state index in [-0.39, 0.29) is 16.7 Å². The van der Waals surface area contributed by atoms with Gasteiger partial charge in [0.2, 0.25) is 0 Å². The molecule has 1 atom stereocenters. The first kappa shape index (κ1) is 22.6. The number of nitrogens with zero attached hydrogens (tertiary/aromatic N) is 1. The van der Waals surface area contributed by atoms with Crippen LogP contribution in [0.4, 0.5) is 5.13 Å². The number of thiazole rings is 1. The molecule has 0 unspecified atom stereocenters. The van der Waals surface area contributed by atoms with Gasteiger partial charge in [0.1, 0.15) is 6.04 Å². The van der Waals surface area contributed by atoms with Crippen LogP contribution in [0.15, 0.2) is 36.4 Å². The van der Waals surface area contributed by atoms with E-state index in [9.17, 15) is 9.59 Å². The van der Waals surface area contributed by atoms with Crippen molar-refractivity contribution >= 4 is 50.1 Å². The third-order valence-corrected chi connectivity index (χ3v) is 5.42. The minimum Gasteiger partial charge on any atom is -0.493 e. The molecule has 164 valence electrons. The molecule has 3 aromatic rings. The summed E-state index contributed by atoms with van der Waals surface area (Å²) in [7, 11) is 1.46. The summed E-state index contributed by atoms with van der Waals surface area (Å²) >= 11 is 7.70. The first-order chi connectivity index (χ1) is 14.8. The lowest BCUT2D eigenvalue weighted by molar-refractivity contribution is -0.122. The van der Waals surface area contributed by atoms with Gasteiger partial charge in [0, 0.05) is 5.56 Å². The Hall–Kier alpha value is -3.04. The molecule has 0 aliphatic heterocycles. The lowest BCUT2D eigenvalue weighted by Crippen LogP contribution is -2.47. The largest absolute Gasteiger partial charge is 0.493 e. The van der Waals surface area contributed by atoms with Gasteiger partial charge in [0.15, 0.2) is 16.6 Å². The number of aromatic nitrogens is 1. The molecule has 3 rings (SSSR count). The van der Waals surface area contributed by atoms with Crippen molar-refractivity contribution in [3.8, 4) is 11.5 Å². The average molecular weight is 463 g/mol. The van der Waals surface area contributed by atoms with Crippen molar-refractivity contribution in [2.24, 2.45) is 0 Å². The van der Waals surface area contributed by atoms with E-state index < -0.39 is 17.9 Å². The number of anilines is 1. The summed E-state index contributed by atoms with van der Waals surface area (Å²) in [6.45, 7) is 5.39. The number of hydrogen-bond acceptors (Lipinski definition) is 7. The van der Waals surface area contributed by atoms with Crippen LogP contribution in [0.3, 0.4) is 0 Å². The molecular weight excluding hydrogens is 440 g/mol. The van der Waals surface area contributed by atoms with Crippen molar-refractivity contribution in [1.82, 2.24) is 15.8 Å². The Morgan fingerprint density at radius 3 is 2.55 bits per heavy atom. The first-order valence-corrected chi connectivity index (χ1v) is 10.7. The third kappa shape index (κ3) is 5.56. The number of methoxy groups -OCH3 is 1. The van der Waals surface area contributed by atoms with Gasteiger partial charge in [-0.15, -0.1) is 0 Å². The molecule has 8 nitrogen and oxygen atoms in total. The number of nitrogens with one attached hydrogen (secondary N) is 3. The number of fused-ring (bicyclic) bond motifs is 1. The molecule has 0 saturated heterocycles.